The average molecular weight is 311 g/mol. The minimum atomic E-state index is -3.65. The summed E-state index contributed by atoms with van der Waals surface area (Å²) >= 11 is 0. The van der Waals surface area contributed by atoms with Gasteiger partial charge in [-0.15, -0.1) is 0 Å². The molecular formula is C13H17N3O4S. The highest BCUT2D eigenvalue weighted by Crippen LogP contribution is 2.28. The van der Waals surface area contributed by atoms with Crippen molar-refractivity contribution in [1.82, 2.24) is 14.7 Å². The van der Waals surface area contributed by atoms with Crippen LogP contribution < -0.4 is 14.2 Å². The van der Waals surface area contributed by atoms with Crippen LogP contribution in [-0.4, -0.2) is 39.2 Å². The predicted octanol–water partition coefficient (Wildman–Crippen LogP) is 0.948. The maximum absolute atomic E-state index is 12.3. The second kappa shape index (κ2) is 6.59. The van der Waals surface area contributed by atoms with E-state index in [9.17, 15) is 8.42 Å². The second-order valence-electron chi connectivity index (χ2n) is 4.24. The zero-order valence-electron chi connectivity index (χ0n) is 11.8. The fourth-order valence-electron chi connectivity index (χ4n) is 1.82. The molecule has 0 bridgehead atoms. The Balaban J connectivity index is 2.11. The van der Waals surface area contributed by atoms with E-state index in [-0.39, 0.29) is 17.2 Å². The quantitative estimate of drug-likeness (QED) is 0.794. The number of aromatic amines is 1. The molecule has 0 spiro atoms. The number of methoxy groups -OCH3 is 2. The smallest absolute Gasteiger partial charge is 0.244 e. The lowest BCUT2D eigenvalue weighted by Gasteiger charge is -2.11. The highest BCUT2D eigenvalue weighted by molar-refractivity contribution is 7.89. The van der Waals surface area contributed by atoms with E-state index in [1.165, 1.54) is 26.4 Å². The first-order chi connectivity index (χ1) is 10.1. The van der Waals surface area contributed by atoms with Gasteiger partial charge in [0, 0.05) is 30.9 Å². The second-order valence-corrected chi connectivity index (χ2v) is 5.98. The van der Waals surface area contributed by atoms with Crippen LogP contribution in [0.4, 0.5) is 0 Å². The first-order valence-electron chi connectivity index (χ1n) is 6.26. The molecular weight excluding hydrogens is 294 g/mol. The summed E-state index contributed by atoms with van der Waals surface area (Å²) in [6.45, 7) is 0.264. The summed E-state index contributed by atoms with van der Waals surface area (Å²) in [5.74, 6) is 0.770. The molecule has 1 aromatic heterocycles. The lowest BCUT2D eigenvalue weighted by molar-refractivity contribution is 0.386. The summed E-state index contributed by atoms with van der Waals surface area (Å²) < 4.78 is 37.3. The Bertz CT molecular complexity index is 683. The number of benzene rings is 1. The van der Waals surface area contributed by atoms with Crippen LogP contribution in [0, 0.1) is 0 Å². The largest absolute Gasteiger partial charge is 0.497 e. The van der Waals surface area contributed by atoms with E-state index in [1.54, 1.807) is 18.6 Å². The number of hydrogen-bond acceptors (Lipinski definition) is 5. The van der Waals surface area contributed by atoms with Gasteiger partial charge in [0.1, 0.15) is 16.4 Å². The highest BCUT2D eigenvalue weighted by Gasteiger charge is 2.19. The zero-order valence-corrected chi connectivity index (χ0v) is 12.6. The van der Waals surface area contributed by atoms with Crippen molar-refractivity contribution in [3.63, 3.8) is 0 Å². The number of imidazole rings is 1. The minimum absolute atomic E-state index is 0.0791. The maximum atomic E-state index is 12.3. The van der Waals surface area contributed by atoms with Crippen molar-refractivity contribution in [2.24, 2.45) is 0 Å². The molecule has 0 saturated carbocycles. The van der Waals surface area contributed by atoms with Crippen LogP contribution in [-0.2, 0) is 16.4 Å². The summed E-state index contributed by atoms with van der Waals surface area (Å²) in [5.41, 5.74) is 0.861. The number of ether oxygens (including phenoxy) is 2. The Morgan fingerprint density at radius 1 is 1.29 bits per heavy atom. The molecule has 1 aromatic carbocycles. The van der Waals surface area contributed by atoms with Gasteiger partial charge in [0.15, 0.2) is 0 Å². The van der Waals surface area contributed by atoms with E-state index in [2.05, 4.69) is 14.7 Å². The van der Waals surface area contributed by atoms with Crippen LogP contribution in [0.1, 0.15) is 5.69 Å². The molecule has 0 saturated heterocycles. The van der Waals surface area contributed by atoms with Crippen molar-refractivity contribution in [1.29, 1.82) is 0 Å². The number of nitrogens with one attached hydrogen (secondary N) is 2. The summed E-state index contributed by atoms with van der Waals surface area (Å²) in [6, 6.07) is 4.56. The molecule has 0 fully saturated rings. The van der Waals surface area contributed by atoms with Crippen molar-refractivity contribution in [3.05, 3.63) is 36.4 Å². The van der Waals surface area contributed by atoms with Gasteiger partial charge in [0.25, 0.3) is 0 Å². The van der Waals surface area contributed by atoms with Gasteiger partial charge in [0.2, 0.25) is 10.0 Å². The lowest BCUT2D eigenvalue weighted by atomic mass is 10.3. The fraction of sp³-hybridized carbons (Fsp3) is 0.308. The molecule has 0 aliphatic heterocycles. The molecule has 1 heterocycles. The number of hydrogen-bond donors (Lipinski definition) is 2. The number of nitrogens with zero attached hydrogens (tertiary/aromatic N) is 1. The Labute approximate surface area is 123 Å². The van der Waals surface area contributed by atoms with E-state index in [1.807, 2.05) is 0 Å². The van der Waals surface area contributed by atoms with Gasteiger partial charge in [-0.2, -0.15) is 0 Å². The van der Waals surface area contributed by atoms with E-state index in [0.717, 1.165) is 5.69 Å². The third-order valence-electron chi connectivity index (χ3n) is 2.90. The maximum Gasteiger partial charge on any atom is 0.244 e. The Morgan fingerprint density at radius 2 is 2.10 bits per heavy atom. The SMILES string of the molecule is COc1ccc(S(=O)(=O)NCCc2cnc[nH]2)c(OC)c1. The number of aromatic nitrogens is 2. The van der Waals surface area contributed by atoms with Crippen LogP contribution in [0.5, 0.6) is 11.5 Å². The van der Waals surface area contributed by atoms with Crippen molar-refractivity contribution in [2.75, 3.05) is 20.8 Å². The van der Waals surface area contributed by atoms with Gasteiger partial charge < -0.3 is 14.5 Å². The van der Waals surface area contributed by atoms with Crippen LogP contribution in [0.2, 0.25) is 0 Å². The predicted molar refractivity (Wildman–Crippen MR) is 77.0 cm³/mol. The van der Waals surface area contributed by atoms with Gasteiger partial charge >= 0.3 is 0 Å². The van der Waals surface area contributed by atoms with E-state index in [0.29, 0.717) is 12.2 Å². The fourth-order valence-corrected chi connectivity index (χ4v) is 3.00. The first kappa shape index (κ1) is 15.3. The molecule has 0 radical (unpaired) electrons. The minimum Gasteiger partial charge on any atom is -0.497 e. The van der Waals surface area contributed by atoms with E-state index >= 15 is 0 Å². The zero-order chi connectivity index (χ0) is 15.3. The normalized spacial score (nSPS) is 11.3. The van der Waals surface area contributed by atoms with E-state index < -0.39 is 10.0 Å². The Morgan fingerprint density at radius 3 is 2.71 bits per heavy atom. The summed E-state index contributed by atoms with van der Waals surface area (Å²) in [7, 11) is -0.725. The van der Waals surface area contributed by atoms with Gasteiger partial charge in [-0.25, -0.2) is 18.1 Å². The molecule has 2 N–H and O–H groups in total. The van der Waals surface area contributed by atoms with Crippen molar-refractivity contribution < 1.29 is 17.9 Å². The monoisotopic (exact) mass is 311 g/mol. The number of rotatable bonds is 7. The topological polar surface area (TPSA) is 93.3 Å². The molecule has 0 amide bonds. The van der Waals surface area contributed by atoms with Crippen LogP contribution in [0.25, 0.3) is 0 Å². The lowest BCUT2D eigenvalue weighted by Crippen LogP contribution is -2.26. The Hall–Kier alpha value is -2.06. The third-order valence-corrected chi connectivity index (χ3v) is 4.40. The molecule has 0 unspecified atom stereocenters. The van der Waals surface area contributed by atoms with Crippen LogP contribution in [0.15, 0.2) is 35.6 Å². The molecule has 21 heavy (non-hydrogen) atoms. The van der Waals surface area contributed by atoms with Crippen LogP contribution in [0.3, 0.4) is 0 Å². The molecule has 8 heteroatoms. The van der Waals surface area contributed by atoms with Gasteiger partial charge in [0.05, 0.1) is 20.5 Å². The molecule has 114 valence electrons. The summed E-state index contributed by atoms with van der Waals surface area (Å²) in [5, 5.41) is 0. The van der Waals surface area contributed by atoms with Crippen LogP contribution >= 0.6 is 0 Å². The van der Waals surface area contributed by atoms with Crippen molar-refractivity contribution >= 4 is 10.0 Å². The van der Waals surface area contributed by atoms with Crippen molar-refractivity contribution in [2.45, 2.75) is 11.3 Å². The standard InChI is InChI=1S/C13H17N3O4S/c1-19-11-3-4-13(12(7-11)20-2)21(17,18)16-6-5-10-8-14-9-15-10/h3-4,7-9,16H,5-6H2,1-2H3,(H,14,15). The van der Waals surface area contributed by atoms with Gasteiger partial charge in [-0.1, -0.05) is 0 Å². The molecule has 2 rings (SSSR count). The molecule has 2 aromatic rings. The number of H-pyrrole nitrogens is 1. The van der Waals surface area contributed by atoms with Gasteiger partial charge in [-0.05, 0) is 12.1 Å². The average Bonchev–Trinajstić information content (AvgIpc) is 2.99. The molecule has 0 atom stereocenters. The van der Waals surface area contributed by atoms with Crippen molar-refractivity contribution in [3.8, 4) is 11.5 Å². The molecule has 0 aliphatic carbocycles. The summed E-state index contributed by atoms with van der Waals surface area (Å²) in [4.78, 5) is 6.87. The van der Waals surface area contributed by atoms with E-state index in [4.69, 9.17) is 9.47 Å². The highest BCUT2D eigenvalue weighted by atomic mass is 32.2. The third kappa shape index (κ3) is 3.73. The molecule has 7 nitrogen and oxygen atoms in total. The van der Waals surface area contributed by atoms with Gasteiger partial charge in [-0.3, -0.25) is 0 Å². The summed E-state index contributed by atoms with van der Waals surface area (Å²) in [6.07, 6.45) is 3.73. The Kier molecular flexibility index (Phi) is 4.81. The number of sulfonamides is 1. The molecule has 0 aliphatic rings. The first-order valence-corrected chi connectivity index (χ1v) is 7.74.